The van der Waals surface area contributed by atoms with Gasteiger partial charge in [0.2, 0.25) is 5.78 Å². The first kappa shape index (κ1) is 14.0. The third kappa shape index (κ3) is 2.46. The summed E-state index contributed by atoms with van der Waals surface area (Å²) in [4.78, 5) is 17.5. The molecule has 112 valence electrons. The Morgan fingerprint density at radius 1 is 1.41 bits per heavy atom. The summed E-state index contributed by atoms with van der Waals surface area (Å²) in [5, 5.41) is 9.85. The van der Waals surface area contributed by atoms with E-state index in [1.54, 1.807) is 10.6 Å². The predicted octanol–water partition coefficient (Wildman–Crippen LogP) is 4.36. The molecule has 6 heteroatoms. The summed E-state index contributed by atoms with van der Waals surface area (Å²) >= 11 is 6.37. The third-order valence-corrected chi connectivity index (χ3v) is 4.52. The maximum Gasteiger partial charge on any atom is 0.211 e. The van der Waals surface area contributed by atoms with Crippen molar-refractivity contribution in [2.75, 3.05) is 0 Å². The van der Waals surface area contributed by atoms with Gasteiger partial charge < -0.3 is 5.11 Å². The number of aryl methyl sites for hydroxylation is 1. The average molecular weight is 425 g/mol. The molecule has 4 nitrogen and oxygen atoms in total. The molecule has 0 atom stereocenters. The second kappa shape index (κ2) is 5.85. The van der Waals surface area contributed by atoms with E-state index in [4.69, 9.17) is 1.37 Å². The number of carbonyl (C=O) groups excluding carboxylic acids is 1. The van der Waals surface area contributed by atoms with Crippen LogP contribution < -0.4 is 0 Å². The van der Waals surface area contributed by atoms with Crippen molar-refractivity contribution < 1.29 is 11.3 Å². The number of halogens is 2. The highest BCUT2D eigenvalue weighted by Crippen LogP contribution is 2.34. The molecular weight excluding hydrogens is 412 g/mol. The fourth-order valence-corrected chi connectivity index (χ4v) is 3.42. The fraction of sp³-hybridized carbons (Fsp3) is 0.125. The topological polar surface area (TPSA) is 54.6 Å². The molecule has 0 radical (unpaired) electrons. The first-order valence-corrected chi connectivity index (χ1v) is 8.22. The van der Waals surface area contributed by atoms with E-state index in [1.807, 2.05) is 25.1 Å². The molecule has 3 rings (SSSR count). The Kier molecular flexibility index (Phi) is 3.72. The van der Waals surface area contributed by atoms with E-state index in [-0.39, 0.29) is 27.6 Å². The van der Waals surface area contributed by atoms with Crippen LogP contribution in [0.25, 0.3) is 5.65 Å². The zero-order valence-corrected chi connectivity index (χ0v) is 14.8. The van der Waals surface area contributed by atoms with Crippen molar-refractivity contribution in [3.63, 3.8) is 0 Å². The number of carbonyl (C=O) groups is 1. The fourth-order valence-electron chi connectivity index (χ4n) is 2.29. The SMILES string of the molecule is [2H]c1c(C(=O)c2c(CC)nc3ccccn23)cc(Br)c(O)c1Br. The average Bonchev–Trinajstić information content (AvgIpc) is 2.94. The number of phenols is 1. The highest BCUT2D eigenvalue weighted by molar-refractivity contribution is 9.11. The molecule has 0 spiro atoms. The van der Waals surface area contributed by atoms with E-state index in [2.05, 4.69) is 36.8 Å². The molecule has 3 aromatic rings. The molecule has 0 amide bonds. The summed E-state index contributed by atoms with van der Waals surface area (Å²) in [5.74, 6) is -0.396. The summed E-state index contributed by atoms with van der Waals surface area (Å²) in [7, 11) is 0. The second-order valence-electron chi connectivity index (χ2n) is 4.71. The molecule has 22 heavy (non-hydrogen) atoms. The van der Waals surface area contributed by atoms with Crippen LogP contribution in [-0.2, 0) is 6.42 Å². The Labute approximate surface area is 145 Å². The molecule has 0 saturated heterocycles. The Morgan fingerprint density at radius 3 is 2.91 bits per heavy atom. The summed E-state index contributed by atoms with van der Waals surface area (Å²) < 4.78 is 10.4. The number of ketones is 1. The van der Waals surface area contributed by atoms with Crippen LogP contribution in [0.1, 0.15) is 30.0 Å². The Bertz CT molecular complexity index is 937. The van der Waals surface area contributed by atoms with Crippen LogP contribution in [0.15, 0.2) is 45.5 Å². The van der Waals surface area contributed by atoms with Gasteiger partial charge in [0.25, 0.3) is 0 Å². The molecular formula is C16H12Br2N2O2. The lowest BCUT2D eigenvalue weighted by Crippen LogP contribution is -2.08. The number of pyridine rings is 1. The van der Waals surface area contributed by atoms with Gasteiger partial charge in [0.1, 0.15) is 17.1 Å². The van der Waals surface area contributed by atoms with Crippen molar-refractivity contribution in [1.29, 1.82) is 0 Å². The van der Waals surface area contributed by atoms with Crippen LogP contribution in [0, 0.1) is 0 Å². The number of imidazole rings is 1. The van der Waals surface area contributed by atoms with Gasteiger partial charge in [-0.3, -0.25) is 9.20 Å². The van der Waals surface area contributed by atoms with Gasteiger partial charge in [-0.15, -0.1) is 0 Å². The maximum atomic E-state index is 13.0. The predicted molar refractivity (Wildman–Crippen MR) is 91.5 cm³/mol. The molecule has 2 heterocycles. The highest BCUT2D eigenvalue weighted by atomic mass is 79.9. The molecule has 0 aliphatic heterocycles. The van der Waals surface area contributed by atoms with Crippen LogP contribution >= 0.6 is 31.9 Å². The highest BCUT2D eigenvalue weighted by Gasteiger charge is 2.21. The Morgan fingerprint density at radius 2 is 2.18 bits per heavy atom. The van der Waals surface area contributed by atoms with Gasteiger partial charge in [0.05, 0.1) is 16.0 Å². The third-order valence-electron chi connectivity index (χ3n) is 3.35. The number of hydrogen-bond acceptors (Lipinski definition) is 3. The largest absolute Gasteiger partial charge is 0.506 e. The van der Waals surface area contributed by atoms with E-state index >= 15 is 0 Å². The number of nitrogens with zero attached hydrogens (tertiary/aromatic N) is 2. The number of aromatic hydroxyl groups is 1. The standard InChI is InChI=1S/C16H12Br2N2O2/c1-2-12-14(20-6-4-3-5-13(20)19-12)15(21)9-7-10(17)16(22)11(18)8-9/h3-8,22H,2H2,1H3/i7D. The Balaban J connectivity index is 2.26. The van der Waals surface area contributed by atoms with Crippen LogP contribution in [0.4, 0.5) is 0 Å². The Hall–Kier alpha value is -1.66. The second-order valence-corrected chi connectivity index (χ2v) is 6.36. The molecule has 2 aromatic heterocycles. The van der Waals surface area contributed by atoms with Crippen LogP contribution in [0.3, 0.4) is 0 Å². The van der Waals surface area contributed by atoms with E-state index in [9.17, 15) is 9.90 Å². The summed E-state index contributed by atoms with van der Waals surface area (Å²) in [5.41, 5.74) is 2.01. The summed E-state index contributed by atoms with van der Waals surface area (Å²) in [6, 6.07) is 6.94. The monoisotopic (exact) mass is 423 g/mol. The van der Waals surface area contributed by atoms with Gasteiger partial charge in [0.15, 0.2) is 0 Å². The van der Waals surface area contributed by atoms with Gasteiger partial charge in [-0.2, -0.15) is 0 Å². The zero-order valence-electron chi connectivity index (χ0n) is 12.6. The molecule has 0 unspecified atom stereocenters. The number of aromatic nitrogens is 2. The molecule has 0 aliphatic carbocycles. The van der Waals surface area contributed by atoms with Crippen molar-refractivity contribution in [3.8, 4) is 5.75 Å². The summed E-state index contributed by atoms with van der Waals surface area (Å²) in [6.45, 7) is 1.93. The first-order valence-electron chi connectivity index (χ1n) is 7.14. The number of fused-ring (bicyclic) bond motifs is 1. The van der Waals surface area contributed by atoms with E-state index in [0.29, 0.717) is 27.9 Å². The van der Waals surface area contributed by atoms with Crippen molar-refractivity contribution in [1.82, 2.24) is 9.38 Å². The van der Waals surface area contributed by atoms with E-state index in [1.165, 1.54) is 6.07 Å². The minimum Gasteiger partial charge on any atom is -0.506 e. The van der Waals surface area contributed by atoms with Gasteiger partial charge in [-0.05, 0) is 62.5 Å². The summed E-state index contributed by atoms with van der Waals surface area (Å²) in [6.07, 6.45) is 2.39. The van der Waals surface area contributed by atoms with E-state index < -0.39 is 0 Å². The number of hydrogen-bond donors (Lipinski definition) is 1. The molecule has 0 bridgehead atoms. The number of phenolic OH excluding ortho intramolecular Hbond substituents is 1. The minimum atomic E-state index is -0.299. The molecule has 0 saturated carbocycles. The van der Waals surface area contributed by atoms with Gasteiger partial charge >= 0.3 is 0 Å². The van der Waals surface area contributed by atoms with Crippen molar-refractivity contribution in [3.05, 3.63) is 62.4 Å². The minimum absolute atomic E-state index is 0.0522. The first-order chi connectivity index (χ1) is 11.0. The smallest absolute Gasteiger partial charge is 0.211 e. The zero-order chi connectivity index (χ0) is 16.7. The lowest BCUT2D eigenvalue weighted by atomic mass is 10.1. The normalized spacial score (nSPS) is 11.7. The van der Waals surface area contributed by atoms with Gasteiger partial charge in [-0.25, -0.2) is 4.98 Å². The van der Waals surface area contributed by atoms with Gasteiger partial charge in [0, 0.05) is 11.8 Å². The molecule has 1 N–H and O–H groups in total. The van der Waals surface area contributed by atoms with Crippen LogP contribution in [-0.4, -0.2) is 20.3 Å². The molecule has 0 aliphatic rings. The molecule has 0 fully saturated rings. The van der Waals surface area contributed by atoms with E-state index in [0.717, 1.165) is 0 Å². The van der Waals surface area contributed by atoms with Crippen LogP contribution in [0.2, 0.25) is 0 Å². The maximum absolute atomic E-state index is 13.0. The van der Waals surface area contributed by atoms with Gasteiger partial charge in [-0.1, -0.05) is 13.0 Å². The quantitative estimate of drug-likeness (QED) is 0.635. The molecule has 1 aromatic carbocycles. The number of benzene rings is 1. The number of rotatable bonds is 3. The van der Waals surface area contributed by atoms with Crippen LogP contribution in [0.5, 0.6) is 5.75 Å². The lowest BCUT2D eigenvalue weighted by Gasteiger charge is -2.07. The lowest BCUT2D eigenvalue weighted by molar-refractivity contribution is 0.103. The van der Waals surface area contributed by atoms with Crippen molar-refractivity contribution in [2.24, 2.45) is 0 Å². The van der Waals surface area contributed by atoms with Crippen molar-refractivity contribution in [2.45, 2.75) is 13.3 Å². The van der Waals surface area contributed by atoms with Crippen molar-refractivity contribution >= 4 is 43.3 Å².